The lowest BCUT2D eigenvalue weighted by Crippen LogP contribution is -2.38. The van der Waals surface area contributed by atoms with Gasteiger partial charge in [0.25, 0.3) is 5.91 Å². The number of aliphatic hydroxyl groups excluding tert-OH is 1. The molecule has 3 heterocycles. The number of aliphatic hydroxyl groups is 1. The van der Waals surface area contributed by atoms with Crippen LogP contribution in [0.5, 0.6) is 0 Å². The van der Waals surface area contributed by atoms with Gasteiger partial charge in [0.2, 0.25) is 5.91 Å². The summed E-state index contributed by atoms with van der Waals surface area (Å²) in [5, 5.41) is 18.8. The van der Waals surface area contributed by atoms with Crippen molar-refractivity contribution >= 4 is 17.5 Å². The molecule has 2 fully saturated rings. The van der Waals surface area contributed by atoms with Crippen molar-refractivity contribution in [3.05, 3.63) is 66.1 Å². The van der Waals surface area contributed by atoms with Crippen LogP contribution in [0.1, 0.15) is 61.4 Å². The first-order valence-corrected chi connectivity index (χ1v) is 13.6. The predicted octanol–water partition coefficient (Wildman–Crippen LogP) is 3.69. The first-order chi connectivity index (χ1) is 19.2. The van der Waals surface area contributed by atoms with Crippen molar-refractivity contribution in [1.82, 2.24) is 30.1 Å². The lowest BCUT2D eigenvalue weighted by atomic mass is 9.93. The van der Waals surface area contributed by atoms with Crippen LogP contribution >= 0.6 is 0 Å². The Balaban J connectivity index is 0.000000190. The van der Waals surface area contributed by atoms with Crippen molar-refractivity contribution in [2.45, 2.75) is 63.8 Å². The number of pyridine rings is 1. The van der Waals surface area contributed by atoms with Crippen LogP contribution in [-0.4, -0.2) is 74.7 Å². The molecule has 2 aromatic heterocycles. The number of hydrogen-bond donors (Lipinski definition) is 3. The third kappa shape index (κ3) is 9.91. The van der Waals surface area contributed by atoms with Gasteiger partial charge in [-0.05, 0) is 75.4 Å². The van der Waals surface area contributed by atoms with Gasteiger partial charge in [-0.25, -0.2) is 9.50 Å². The van der Waals surface area contributed by atoms with E-state index in [1.54, 1.807) is 9.42 Å². The number of fused-ring (bicyclic) bond motifs is 1. The Morgan fingerprint density at radius 3 is 2.42 bits per heavy atom. The Labute approximate surface area is 231 Å². The molecular formula is C28H37F3N6O3. The van der Waals surface area contributed by atoms with Crippen LogP contribution in [-0.2, 0) is 11.0 Å². The van der Waals surface area contributed by atoms with Crippen LogP contribution in [0.4, 0.5) is 13.2 Å². The fourth-order valence-corrected chi connectivity index (χ4v) is 4.51. The highest BCUT2D eigenvalue weighted by Gasteiger charge is 2.31. The van der Waals surface area contributed by atoms with E-state index in [9.17, 15) is 22.8 Å². The molecule has 0 unspecified atom stereocenters. The van der Waals surface area contributed by atoms with Gasteiger partial charge in [-0.2, -0.15) is 18.3 Å². The largest absolute Gasteiger partial charge is 0.416 e. The van der Waals surface area contributed by atoms with Crippen LogP contribution in [0.15, 0.2) is 55.0 Å². The highest BCUT2D eigenvalue weighted by molar-refractivity contribution is 5.96. The topological polar surface area (TPSA) is 112 Å². The molecule has 0 spiro atoms. The second kappa shape index (κ2) is 15.3. The average Bonchev–Trinajstić information content (AvgIpc) is 3.66. The average molecular weight is 563 g/mol. The molecule has 0 radical (unpaired) electrons. The Bertz CT molecular complexity index is 1170. The maximum atomic E-state index is 12.6. The van der Waals surface area contributed by atoms with E-state index in [-0.39, 0.29) is 24.1 Å². The molecule has 5 rings (SSSR count). The van der Waals surface area contributed by atoms with Gasteiger partial charge in [0.05, 0.1) is 18.2 Å². The molecular weight excluding hydrogens is 525 g/mol. The highest BCUT2D eigenvalue weighted by atomic mass is 19.4. The fraction of sp³-hybridized carbons (Fsp3) is 0.500. The molecule has 2 aliphatic rings. The van der Waals surface area contributed by atoms with E-state index in [0.717, 1.165) is 62.8 Å². The molecule has 9 nitrogen and oxygen atoms in total. The molecule has 218 valence electrons. The van der Waals surface area contributed by atoms with Gasteiger partial charge in [-0.1, -0.05) is 19.1 Å². The molecule has 1 aromatic carbocycles. The number of hydrogen-bond acceptors (Lipinski definition) is 6. The van der Waals surface area contributed by atoms with Crippen molar-refractivity contribution in [2.24, 2.45) is 0 Å². The van der Waals surface area contributed by atoms with E-state index < -0.39 is 17.6 Å². The number of amides is 2. The molecule has 1 saturated heterocycles. The zero-order valence-corrected chi connectivity index (χ0v) is 22.6. The SMILES string of the molecule is CCNC1CCC(O)CC1.O=C(NCC(=O)N1CCCC1)c1cccc(C(F)(F)F)c1.c1ccn2ncnc2c1. The quantitative estimate of drug-likeness (QED) is 0.438. The second-order valence-electron chi connectivity index (χ2n) is 9.68. The Morgan fingerprint density at radius 2 is 1.77 bits per heavy atom. The lowest BCUT2D eigenvalue weighted by molar-refractivity contribution is -0.137. The van der Waals surface area contributed by atoms with E-state index in [0.29, 0.717) is 19.1 Å². The van der Waals surface area contributed by atoms with Gasteiger partial charge in [-0.3, -0.25) is 9.59 Å². The first kappa shape index (κ1) is 31.0. The molecule has 40 heavy (non-hydrogen) atoms. The Morgan fingerprint density at radius 1 is 1.05 bits per heavy atom. The number of alkyl halides is 3. The van der Waals surface area contributed by atoms with Gasteiger partial charge in [-0.15, -0.1) is 0 Å². The van der Waals surface area contributed by atoms with E-state index >= 15 is 0 Å². The highest BCUT2D eigenvalue weighted by Crippen LogP contribution is 2.29. The smallest absolute Gasteiger partial charge is 0.393 e. The van der Waals surface area contributed by atoms with Crippen molar-refractivity contribution in [3.63, 3.8) is 0 Å². The lowest BCUT2D eigenvalue weighted by Gasteiger charge is -2.25. The van der Waals surface area contributed by atoms with Crippen LogP contribution < -0.4 is 10.6 Å². The minimum absolute atomic E-state index is 0.0186. The zero-order chi connectivity index (χ0) is 29.0. The molecule has 0 atom stereocenters. The molecule has 3 aromatic rings. The molecule has 0 bridgehead atoms. The van der Waals surface area contributed by atoms with Crippen molar-refractivity contribution in [3.8, 4) is 0 Å². The van der Waals surface area contributed by atoms with Crippen LogP contribution in [0, 0.1) is 0 Å². The van der Waals surface area contributed by atoms with Crippen LogP contribution in [0.2, 0.25) is 0 Å². The van der Waals surface area contributed by atoms with E-state index in [1.165, 1.54) is 18.5 Å². The summed E-state index contributed by atoms with van der Waals surface area (Å²) < 4.78 is 39.4. The van der Waals surface area contributed by atoms with E-state index in [1.807, 2.05) is 24.4 Å². The predicted molar refractivity (Wildman–Crippen MR) is 145 cm³/mol. The number of nitrogens with zero attached hydrogens (tertiary/aromatic N) is 4. The molecule has 1 aliphatic carbocycles. The summed E-state index contributed by atoms with van der Waals surface area (Å²) >= 11 is 0. The fourth-order valence-electron chi connectivity index (χ4n) is 4.51. The van der Waals surface area contributed by atoms with Gasteiger partial charge in [0.1, 0.15) is 6.33 Å². The minimum atomic E-state index is -4.50. The zero-order valence-electron chi connectivity index (χ0n) is 22.6. The molecule has 1 aliphatic heterocycles. The maximum absolute atomic E-state index is 12.6. The first-order valence-electron chi connectivity index (χ1n) is 13.6. The summed E-state index contributed by atoms with van der Waals surface area (Å²) in [6, 6.07) is 10.6. The number of carbonyl (C=O) groups is 2. The summed E-state index contributed by atoms with van der Waals surface area (Å²) in [6.07, 6.45) is 5.02. The Kier molecular flexibility index (Phi) is 11.9. The molecule has 2 amide bonds. The summed E-state index contributed by atoms with van der Waals surface area (Å²) in [4.78, 5) is 29.1. The minimum Gasteiger partial charge on any atom is -0.393 e. The van der Waals surface area contributed by atoms with Gasteiger partial charge in [0, 0.05) is 30.9 Å². The molecule has 1 saturated carbocycles. The number of halogens is 3. The monoisotopic (exact) mass is 562 g/mol. The number of carbonyl (C=O) groups excluding carboxylic acids is 2. The third-order valence-electron chi connectivity index (χ3n) is 6.68. The number of aromatic nitrogens is 3. The Hall–Kier alpha value is -3.51. The summed E-state index contributed by atoms with van der Waals surface area (Å²) in [5.74, 6) is -0.901. The maximum Gasteiger partial charge on any atom is 0.416 e. The number of benzene rings is 1. The number of likely N-dealkylation sites (tertiary alicyclic amines) is 1. The van der Waals surface area contributed by atoms with Crippen LogP contribution in [0.25, 0.3) is 5.65 Å². The van der Waals surface area contributed by atoms with Gasteiger partial charge < -0.3 is 20.6 Å². The van der Waals surface area contributed by atoms with E-state index in [2.05, 4.69) is 27.6 Å². The second-order valence-corrected chi connectivity index (χ2v) is 9.68. The number of rotatable bonds is 5. The normalized spacial score (nSPS) is 18.8. The number of nitrogens with one attached hydrogen (secondary N) is 2. The van der Waals surface area contributed by atoms with Crippen molar-refractivity contribution in [1.29, 1.82) is 0 Å². The van der Waals surface area contributed by atoms with Gasteiger partial charge in [0.15, 0.2) is 5.65 Å². The summed E-state index contributed by atoms with van der Waals surface area (Å²) in [6.45, 7) is 4.32. The summed E-state index contributed by atoms with van der Waals surface area (Å²) in [5.41, 5.74) is -0.113. The molecule has 12 heteroatoms. The molecule has 3 N–H and O–H groups in total. The van der Waals surface area contributed by atoms with Crippen molar-refractivity contribution < 1.29 is 27.9 Å². The van der Waals surface area contributed by atoms with E-state index in [4.69, 9.17) is 5.11 Å². The van der Waals surface area contributed by atoms with Crippen molar-refractivity contribution in [2.75, 3.05) is 26.2 Å². The summed E-state index contributed by atoms with van der Waals surface area (Å²) in [7, 11) is 0. The standard InChI is InChI=1S/C14H15F3N2O2.C8H17NO.C6H5N3/c15-14(16,17)11-5-3-4-10(8-11)13(21)18-9-12(20)19-6-1-2-7-19;1-2-9-7-3-5-8(10)6-4-7;1-2-4-9-6(3-1)7-5-8-9/h3-5,8H,1-2,6-7,9H2,(H,18,21);7-10H,2-6H2,1H3;1-5H. The third-order valence-corrected chi connectivity index (χ3v) is 6.68. The van der Waals surface area contributed by atoms with Crippen LogP contribution in [0.3, 0.4) is 0 Å². The van der Waals surface area contributed by atoms with Gasteiger partial charge >= 0.3 is 6.18 Å².